The molecule has 0 aliphatic carbocycles. The summed E-state index contributed by atoms with van der Waals surface area (Å²) in [4.78, 5) is 57.8. The van der Waals surface area contributed by atoms with Gasteiger partial charge in [-0.2, -0.15) is 0 Å². The smallest absolute Gasteiger partial charge is 0.326 e. The van der Waals surface area contributed by atoms with Crippen molar-refractivity contribution in [1.82, 2.24) is 25.6 Å². The number of rotatable bonds is 12. The van der Waals surface area contributed by atoms with Crippen LogP contribution >= 0.6 is 0 Å². The minimum Gasteiger partial charge on any atom is -0.481 e. The Hall–Kier alpha value is -4.19. The lowest BCUT2D eigenvalue weighted by Crippen LogP contribution is -2.55. The Kier molecular flexibility index (Phi) is 7.98. The number of fused-ring (bicyclic) bond motifs is 1. The lowest BCUT2D eigenvalue weighted by Gasteiger charge is -2.22. The van der Waals surface area contributed by atoms with E-state index in [1.807, 2.05) is 24.3 Å². The molecule has 0 saturated heterocycles. The number of nitrogens with one attached hydrogen (secondary N) is 4. The molecule has 12 nitrogen and oxygen atoms in total. The fourth-order valence-electron chi connectivity index (χ4n) is 3.53. The molecule has 180 valence electrons. The number of imidazole rings is 1. The zero-order chi connectivity index (χ0) is 24.7. The standard InChI is InChI=1S/C22H26N6O6/c23-15(7-12-9-25-16-4-2-1-3-14(12)16)20(31)27-17(5-6-19(29)30)21(32)28-18(22(33)34)8-13-10-24-11-26-13/h1-4,9-11,15,17-18,25H,5-8,23H2,(H,24,26)(H,27,31)(H,28,32)(H,29,30)(H,33,34). The predicted octanol–water partition coefficient (Wildman–Crippen LogP) is -0.0775. The molecule has 2 aromatic heterocycles. The summed E-state index contributed by atoms with van der Waals surface area (Å²) in [6.45, 7) is 0. The second-order valence-corrected chi connectivity index (χ2v) is 7.84. The van der Waals surface area contributed by atoms with E-state index >= 15 is 0 Å². The lowest BCUT2D eigenvalue weighted by atomic mass is 10.0. The van der Waals surface area contributed by atoms with Crippen LogP contribution in [0.1, 0.15) is 24.1 Å². The van der Waals surface area contributed by atoms with Crippen molar-refractivity contribution in [1.29, 1.82) is 0 Å². The van der Waals surface area contributed by atoms with E-state index < -0.39 is 48.3 Å². The van der Waals surface area contributed by atoms with Crippen LogP contribution in [-0.4, -0.2) is 67.0 Å². The van der Waals surface area contributed by atoms with E-state index in [1.165, 1.54) is 12.5 Å². The van der Waals surface area contributed by atoms with Gasteiger partial charge in [0, 0.05) is 41.8 Å². The van der Waals surface area contributed by atoms with Crippen molar-refractivity contribution in [2.45, 2.75) is 43.8 Å². The number of para-hydroxylation sites is 1. The summed E-state index contributed by atoms with van der Waals surface area (Å²) >= 11 is 0. The molecule has 1 aromatic carbocycles. The summed E-state index contributed by atoms with van der Waals surface area (Å²) in [5.41, 5.74) is 8.25. The largest absolute Gasteiger partial charge is 0.481 e. The Balaban J connectivity index is 1.67. The number of carboxylic acids is 2. The zero-order valence-corrected chi connectivity index (χ0v) is 18.2. The number of benzene rings is 1. The Morgan fingerprint density at radius 2 is 1.74 bits per heavy atom. The molecule has 0 bridgehead atoms. The molecular weight excluding hydrogens is 444 g/mol. The van der Waals surface area contributed by atoms with Gasteiger partial charge in [0.05, 0.1) is 12.4 Å². The second-order valence-electron chi connectivity index (χ2n) is 7.84. The van der Waals surface area contributed by atoms with E-state index in [9.17, 15) is 24.3 Å². The van der Waals surface area contributed by atoms with Gasteiger partial charge in [-0.05, 0) is 24.5 Å². The molecule has 3 aromatic rings. The second kappa shape index (κ2) is 11.1. The normalized spacial score (nSPS) is 13.7. The van der Waals surface area contributed by atoms with Gasteiger partial charge in [-0.15, -0.1) is 0 Å². The molecule has 0 saturated carbocycles. The van der Waals surface area contributed by atoms with Crippen LogP contribution in [0.4, 0.5) is 0 Å². The number of H-pyrrole nitrogens is 2. The van der Waals surface area contributed by atoms with E-state index in [2.05, 4.69) is 25.6 Å². The van der Waals surface area contributed by atoms with Crippen molar-refractivity contribution in [3.63, 3.8) is 0 Å². The number of aromatic nitrogens is 3. The number of aromatic amines is 2. The van der Waals surface area contributed by atoms with Gasteiger partial charge >= 0.3 is 11.9 Å². The number of carbonyl (C=O) groups excluding carboxylic acids is 2. The number of aliphatic carboxylic acids is 2. The summed E-state index contributed by atoms with van der Waals surface area (Å²) in [5, 5.41) is 24.2. The molecule has 8 N–H and O–H groups in total. The SMILES string of the molecule is NC(Cc1c[nH]c2ccccc12)C(=O)NC(CCC(=O)O)C(=O)NC(Cc1cnc[nH]1)C(=O)O. The van der Waals surface area contributed by atoms with Gasteiger partial charge in [-0.3, -0.25) is 14.4 Å². The Morgan fingerprint density at radius 1 is 1.00 bits per heavy atom. The maximum Gasteiger partial charge on any atom is 0.326 e. The topological polar surface area (TPSA) is 203 Å². The maximum atomic E-state index is 12.8. The molecule has 0 aliphatic heterocycles. The first-order chi connectivity index (χ1) is 16.2. The van der Waals surface area contributed by atoms with Crippen molar-refractivity contribution in [3.8, 4) is 0 Å². The summed E-state index contributed by atoms with van der Waals surface area (Å²) in [6.07, 6.45) is 4.02. The highest BCUT2D eigenvalue weighted by atomic mass is 16.4. The average molecular weight is 470 g/mol. The summed E-state index contributed by atoms with van der Waals surface area (Å²) in [7, 11) is 0. The highest BCUT2D eigenvalue weighted by Crippen LogP contribution is 2.18. The van der Waals surface area contributed by atoms with Gasteiger partial charge < -0.3 is 36.5 Å². The first kappa shape index (κ1) is 24.5. The monoisotopic (exact) mass is 470 g/mol. The van der Waals surface area contributed by atoms with Crippen molar-refractivity contribution >= 4 is 34.7 Å². The number of hydrogen-bond acceptors (Lipinski definition) is 6. The molecule has 12 heteroatoms. The molecule has 2 heterocycles. The lowest BCUT2D eigenvalue weighted by molar-refractivity contribution is -0.143. The molecule has 3 atom stereocenters. The van der Waals surface area contributed by atoms with Gasteiger partial charge in [0.25, 0.3) is 0 Å². The summed E-state index contributed by atoms with van der Waals surface area (Å²) in [5.74, 6) is -3.93. The molecule has 34 heavy (non-hydrogen) atoms. The van der Waals surface area contributed by atoms with Crippen LogP contribution in [-0.2, 0) is 32.0 Å². The number of nitrogens with two attached hydrogens (primary N) is 1. The van der Waals surface area contributed by atoms with Gasteiger partial charge in [0.1, 0.15) is 12.1 Å². The maximum absolute atomic E-state index is 12.8. The number of hydrogen-bond donors (Lipinski definition) is 7. The van der Waals surface area contributed by atoms with Crippen LogP contribution in [0.5, 0.6) is 0 Å². The van der Waals surface area contributed by atoms with Gasteiger partial charge in [-0.25, -0.2) is 9.78 Å². The van der Waals surface area contributed by atoms with Gasteiger partial charge in [0.2, 0.25) is 11.8 Å². The molecule has 0 fully saturated rings. The van der Waals surface area contributed by atoms with Crippen molar-refractivity contribution in [3.05, 3.63) is 54.2 Å². The van der Waals surface area contributed by atoms with E-state index in [-0.39, 0.29) is 19.3 Å². The van der Waals surface area contributed by atoms with Crippen LogP contribution in [0.15, 0.2) is 43.0 Å². The van der Waals surface area contributed by atoms with E-state index in [0.29, 0.717) is 5.69 Å². The Morgan fingerprint density at radius 3 is 2.41 bits per heavy atom. The molecule has 0 radical (unpaired) electrons. The number of amides is 2. The molecule has 2 amide bonds. The van der Waals surface area contributed by atoms with Crippen LogP contribution in [0.3, 0.4) is 0 Å². The predicted molar refractivity (Wildman–Crippen MR) is 121 cm³/mol. The minimum atomic E-state index is -1.31. The third-order valence-corrected chi connectivity index (χ3v) is 5.32. The summed E-state index contributed by atoms with van der Waals surface area (Å²) < 4.78 is 0. The molecule has 3 rings (SSSR count). The van der Waals surface area contributed by atoms with Crippen molar-refractivity contribution in [2.24, 2.45) is 5.73 Å². The first-order valence-electron chi connectivity index (χ1n) is 10.6. The first-order valence-corrected chi connectivity index (χ1v) is 10.6. The highest BCUT2D eigenvalue weighted by molar-refractivity contribution is 5.92. The molecule has 0 aliphatic rings. The van der Waals surface area contributed by atoms with E-state index in [1.54, 1.807) is 6.20 Å². The third-order valence-electron chi connectivity index (χ3n) is 5.32. The van der Waals surface area contributed by atoms with Gasteiger partial charge in [-0.1, -0.05) is 18.2 Å². The van der Waals surface area contributed by atoms with E-state index in [4.69, 9.17) is 10.8 Å². The third kappa shape index (κ3) is 6.42. The Labute approximate surface area is 193 Å². The van der Waals surface area contributed by atoms with Crippen molar-refractivity contribution in [2.75, 3.05) is 0 Å². The van der Waals surface area contributed by atoms with Crippen molar-refractivity contribution < 1.29 is 29.4 Å². The fourth-order valence-corrected chi connectivity index (χ4v) is 3.53. The molecule has 3 unspecified atom stereocenters. The quantitative estimate of drug-likeness (QED) is 0.190. The van der Waals surface area contributed by atoms with E-state index in [0.717, 1.165) is 16.5 Å². The highest BCUT2D eigenvalue weighted by Gasteiger charge is 2.29. The average Bonchev–Trinajstić information content (AvgIpc) is 3.46. The zero-order valence-electron chi connectivity index (χ0n) is 18.2. The number of carboxylic acid groups (broad SMARTS) is 2. The molecule has 0 spiro atoms. The minimum absolute atomic E-state index is 0.0687. The Bertz CT molecular complexity index is 1160. The number of nitrogens with zero attached hydrogens (tertiary/aromatic N) is 1. The van der Waals surface area contributed by atoms with Crippen LogP contribution in [0, 0.1) is 0 Å². The van der Waals surface area contributed by atoms with Gasteiger partial charge in [0.15, 0.2) is 0 Å². The van der Waals surface area contributed by atoms with Crippen LogP contribution < -0.4 is 16.4 Å². The fraction of sp³-hybridized carbons (Fsp3) is 0.318. The van der Waals surface area contributed by atoms with Crippen LogP contribution in [0.2, 0.25) is 0 Å². The summed E-state index contributed by atoms with van der Waals surface area (Å²) in [6, 6.07) is 3.91. The van der Waals surface area contributed by atoms with Crippen LogP contribution in [0.25, 0.3) is 10.9 Å². The number of carbonyl (C=O) groups is 4. The molecular formula is C22H26N6O6.